The van der Waals surface area contributed by atoms with Gasteiger partial charge >= 0.3 is 0 Å². The van der Waals surface area contributed by atoms with Crippen molar-refractivity contribution in [3.8, 4) is 5.75 Å². The molecule has 0 aliphatic heterocycles. The summed E-state index contributed by atoms with van der Waals surface area (Å²) < 4.78 is 20.1. The highest BCUT2D eigenvalue weighted by Gasteiger charge is 2.15. The minimum Gasteiger partial charge on any atom is -0.497 e. The van der Waals surface area contributed by atoms with Crippen molar-refractivity contribution in [2.75, 3.05) is 13.7 Å². The van der Waals surface area contributed by atoms with Gasteiger partial charge in [0, 0.05) is 25.0 Å². The molecule has 0 saturated carbocycles. The van der Waals surface area contributed by atoms with Gasteiger partial charge < -0.3 is 15.2 Å². The van der Waals surface area contributed by atoms with Crippen LogP contribution in [0.2, 0.25) is 0 Å². The Morgan fingerprint density at radius 2 is 1.89 bits per heavy atom. The Labute approximate surface area is 158 Å². The smallest absolute Gasteiger partial charge is 0.123 e. The molecular weight excluding hydrogens is 345 g/mol. The van der Waals surface area contributed by atoms with Gasteiger partial charge in [-0.1, -0.05) is 24.3 Å². The summed E-state index contributed by atoms with van der Waals surface area (Å²) >= 11 is 0. The van der Waals surface area contributed by atoms with Crippen LogP contribution in [0.3, 0.4) is 0 Å². The topological polar surface area (TPSA) is 59.3 Å². The van der Waals surface area contributed by atoms with Crippen LogP contribution in [-0.2, 0) is 13.0 Å². The van der Waals surface area contributed by atoms with E-state index < -0.39 is 6.10 Å². The molecule has 0 fully saturated rings. The Kier molecular flexibility index (Phi) is 6.57. The van der Waals surface area contributed by atoms with E-state index in [-0.39, 0.29) is 11.9 Å². The number of aliphatic hydroxyl groups excluding tert-OH is 1. The van der Waals surface area contributed by atoms with E-state index in [1.54, 1.807) is 30.1 Å². The summed E-state index contributed by atoms with van der Waals surface area (Å²) in [6, 6.07) is 16.1. The van der Waals surface area contributed by atoms with Gasteiger partial charge in [-0.3, -0.25) is 4.68 Å². The molecule has 2 N–H and O–H groups in total. The maximum Gasteiger partial charge on any atom is 0.123 e. The zero-order valence-corrected chi connectivity index (χ0v) is 15.3. The molecule has 3 rings (SSSR count). The van der Waals surface area contributed by atoms with Gasteiger partial charge in [-0.2, -0.15) is 5.10 Å². The number of ether oxygens (including phenoxy) is 1. The van der Waals surface area contributed by atoms with Crippen molar-refractivity contribution in [3.05, 3.63) is 83.9 Å². The number of benzene rings is 2. The minimum atomic E-state index is -0.570. The lowest BCUT2D eigenvalue weighted by Crippen LogP contribution is -2.34. The van der Waals surface area contributed by atoms with E-state index in [1.807, 2.05) is 36.5 Å². The average molecular weight is 369 g/mol. The van der Waals surface area contributed by atoms with Gasteiger partial charge in [0.1, 0.15) is 11.6 Å². The fourth-order valence-corrected chi connectivity index (χ4v) is 2.97. The fraction of sp³-hybridized carbons (Fsp3) is 0.286. The van der Waals surface area contributed by atoms with Gasteiger partial charge in [-0.25, -0.2) is 4.39 Å². The van der Waals surface area contributed by atoms with Crippen molar-refractivity contribution < 1.29 is 14.2 Å². The van der Waals surface area contributed by atoms with Crippen LogP contribution in [0.4, 0.5) is 4.39 Å². The maximum absolute atomic E-state index is 13.2. The van der Waals surface area contributed by atoms with Crippen LogP contribution in [0.25, 0.3) is 0 Å². The lowest BCUT2D eigenvalue weighted by Gasteiger charge is -2.22. The van der Waals surface area contributed by atoms with Crippen LogP contribution < -0.4 is 10.1 Å². The van der Waals surface area contributed by atoms with E-state index in [4.69, 9.17) is 4.74 Å². The Morgan fingerprint density at radius 1 is 1.15 bits per heavy atom. The molecule has 1 aromatic heterocycles. The molecule has 27 heavy (non-hydrogen) atoms. The standard InChI is InChI=1S/C21H24FN3O2/c1-27-20-9-5-17(6-10-20)21(13-16-3-7-18(22)8-4-16)23-14-19(26)15-25-12-2-11-24-25/h2-12,19,21,23,26H,13-15H2,1H3. The Hall–Kier alpha value is -2.70. The van der Waals surface area contributed by atoms with Crippen LogP contribution in [0.1, 0.15) is 17.2 Å². The summed E-state index contributed by atoms with van der Waals surface area (Å²) in [6.07, 6.45) is 3.62. The Balaban J connectivity index is 1.68. The lowest BCUT2D eigenvalue weighted by atomic mass is 9.98. The Bertz CT molecular complexity index is 804. The van der Waals surface area contributed by atoms with Crippen LogP contribution in [0, 0.1) is 5.82 Å². The van der Waals surface area contributed by atoms with Crippen molar-refractivity contribution in [1.82, 2.24) is 15.1 Å². The fourth-order valence-electron chi connectivity index (χ4n) is 2.97. The van der Waals surface area contributed by atoms with Crippen molar-refractivity contribution >= 4 is 0 Å². The molecule has 0 spiro atoms. The second-order valence-electron chi connectivity index (χ2n) is 6.45. The number of hydrogen-bond acceptors (Lipinski definition) is 4. The molecule has 142 valence electrons. The molecule has 5 nitrogen and oxygen atoms in total. The molecule has 0 aliphatic carbocycles. The summed E-state index contributed by atoms with van der Waals surface area (Å²) in [5, 5.41) is 17.8. The molecule has 2 aromatic carbocycles. The zero-order valence-electron chi connectivity index (χ0n) is 15.3. The number of rotatable bonds is 9. The van der Waals surface area contributed by atoms with E-state index in [0.29, 0.717) is 19.5 Å². The number of halogens is 1. The molecule has 2 atom stereocenters. The second-order valence-corrected chi connectivity index (χ2v) is 6.45. The van der Waals surface area contributed by atoms with E-state index in [9.17, 15) is 9.50 Å². The first-order valence-electron chi connectivity index (χ1n) is 8.91. The highest BCUT2D eigenvalue weighted by Crippen LogP contribution is 2.21. The third-order valence-electron chi connectivity index (χ3n) is 4.43. The molecule has 6 heteroatoms. The predicted molar refractivity (Wildman–Crippen MR) is 102 cm³/mol. The quantitative estimate of drug-likeness (QED) is 0.609. The molecule has 0 amide bonds. The van der Waals surface area contributed by atoms with Crippen molar-refractivity contribution in [2.45, 2.75) is 25.1 Å². The van der Waals surface area contributed by atoms with E-state index in [2.05, 4.69) is 10.4 Å². The largest absolute Gasteiger partial charge is 0.497 e. The summed E-state index contributed by atoms with van der Waals surface area (Å²) in [4.78, 5) is 0. The second kappa shape index (κ2) is 9.30. The van der Waals surface area contributed by atoms with Gasteiger partial charge in [0.15, 0.2) is 0 Å². The van der Waals surface area contributed by atoms with Crippen LogP contribution in [-0.4, -0.2) is 34.6 Å². The number of aromatic nitrogens is 2. The van der Waals surface area contributed by atoms with Crippen molar-refractivity contribution in [3.63, 3.8) is 0 Å². The molecule has 1 heterocycles. The third kappa shape index (κ3) is 5.64. The van der Waals surface area contributed by atoms with Crippen LogP contribution in [0.5, 0.6) is 5.75 Å². The summed E-state index contributed by atoms with van der Waals surface area (Å²) in [6.45, 7) is 0.837. The van der Waals surface area contributed by atoms with Gasteiger partial charge in [0.2, 0.25) is 0 Å². The molecular formula is C21H24FN3O2. The van der Waals surface area contributed by atoms with Crippen LogP contribution >= 0.6 is 0 Å². The summed E-state index contributed by atoms with van der Waals surface area (Å²) in [7, 11) is 1.63. The summed E-state index contributed by atoms with van der Waals surface area (Å²) in [5.74, 6) is 0.542. The van der Waals surface area contributed by atoms with E-state index >= 15 is 0 Å². The maximum atomic E-state index is 13.2. The SMILES string of the molecule is COc1ccc(C(Cc2ccc(F)cc2)NCC(O)Cn2cccn2)cc1. The van der Waals surface area contributed by atoms with Crippen LogP contribution in [0.15, 0.2) is 67.0 Å². The number of hydrogen-bond donors (Lipinski definition) is 2. The zero-order chi connectivity index (χ0) is 19.1. The molecule has 0 aliphatic rings. The number of nitrogens with zero attached hydrogens (tertiary/aromatic N) is 2. The van der Waals surface area contributed by atoms with Gasteiger partial charge in [-0.15, -0.1) is 0 Å². The van der Waals surface area contributed by atoms with Gasteiger partial charge in [0.05, 0.1) is 19.8 Å². The van der Waals surface area contributed by atoms with Crippen molar-refractivity contribution in [1.29, 1.82) is 0 Å². The normalized spacial score (nSPS) is 13.3. The number of nitrogens with one attached hydrogen (secondary N) is 1. The molecule has 2 unspecified atom stereocenters. The Morgan fingerprint density at radius 3 is 2.52 bits per heavy atom. The summed E-state index contributed by atoms with van der Waals surface area (Å²) in [5.41, 5.74) is 2.10. The first-order chi connectivity index (χ1) is 13.1. The first-order valence-corrected chi connectivity index (χ1v) is 8.91. The molecule has 0 bridgehead atoms. The number of aliphatic hydroxyl groups is 1. The van der Waals surface area contributed by atoms with E-state index in [0.717, 1.165) is 16.9 Å². The van der Waals surface area contributed by atoms with Gasteiger partial charge in [-0.05, 0) is 47.9 Å². The van der Waals surface area contributed by atoms with Gasteiger partial charge in [0.25, 0.3) is 0 Å². The molecule has 0 saturated heterocycles. The average Bonchev–Trinajstić information content (AvgIpc) is 3.19. The monoisotopic (exact) mass is 369 g/mol. The van der Waals surface area contributed by atoms with Crippen molar-refractivity contribution in [2.24, 2.45) is 0 Å². The molecule has 3 aromatic rings. The molecule has 0 radical (unpaired) electrons. The predicted octanol–water partition coefficient (Wildman–Crippen LogP) is 2.97. The lowest BCUT2D eigenvalue weighted by molar-refractivity contribution is 0.142. The highest BCUT2D eigenvalue weighted by atomic mass is 19.1. The minimum absolute atomic E-state index is 0.0198. The number of methoxy groups -OCH3 is 1. The third-order valence-corrected chi connectivity index (χ3v) is 4.43. The van der Waals surface area contributed by atoms with E-state index in [1.165, 1.54) is 12.1 Å². The highest BCUT2D eigenvalue weighted by molar-refractivity contribution is 5.30. The first kappa shape index (κ1) is 19.1.